The number of carbonyl (C=O) groups is 1. The molecule has 0 saturated heterocycles. The monoisotopic (exact) mass is 531 g/mol. The second-order valence-corrected chi connectivity index (χ2v) is 24.3. The Morgan fingerprint density at radius 1 is 1.07 bits per heavy atom. The molecule has 4 aromatic rings. The third-order valence-electron chi connectivity index (χ3n) is 4.86. The molecule has 30 heavy (non-hydrogen) atoms. The molecule has 0 bridgehead atoms. The number of benzene rings is 2. The number of hydrogen-bond acceptors (Lipinski definition) is 5. The van der Waals surface area contributed by atoms with Gasteiger partial charge in [-0.15, -0.1) is 0 Å². The number of fused-ring (bicyclic) bond motifs is 1. The topological polar surface area (TPSA) is 113 Å². The summed E-state index contributed by atoms with van der Waals surface area (Å²) in [6, 6.07) is 13.7. The van der Waals surface area contributed by atoms with E-state index < -0.39 is 34.3 Å². The van der Waals surface area contributed by atoms with Crippen molar-refractivity contribution in [2.75, 3.05) is 0 Å². The summed E-state index contributed by atoms with van der Waals surface area (Å²) < 4.78 is 30.2. The molecule has 0 fully saturated rings. The fourth-order valence-electron chi connectivity index (χ4n) is 3.18. The SMILES string of the molecule is [CH3][Sn]([CH3])([CH3])[c]1cc(-n2ccc(C(N)=O)n2)c2cnn(S(=O)(=O)c3ccccc3)c2c1. The molecule has 0 spiro atoms. The minimum absolute atomic E-state index is 0.136. The molecule has 4 rings (SSSR count). The maximum atomic E-state index is 13.2. The zero-order valence-electron chi connectivity index (χ0n) is 16.8. The molecule has 2 heterocycles. The van der Waals surface area contributed by atoms with Crippen molar-refractivity contribution in [3.8, 4) is 5.69 Å². The van der Waals surface area contributed by atoms with Crippen LogP contribution in [0.25, 0.3) is 16.6 Å². The van der Waals surface area contributed by atoms with Crippen LogP contribution in [-0.4, -0.2) is 51.7 Å². The van der Waals surface area contributed by atoms with Crippen LogP contribution in [0.2, 0.25) is 14.8 Å². The molecule has 0 unspecified atom stereocenters. The van der Waals surface area contributed by atoms with E-state index in [4.69, 9.17) is 5.73 Å². The van der Waals surface area contributed by atoms with Gasteiger partial charge in [0, 0.05) is 0 Å². The molecule has 10 heteroatoms. The zero-order valence-corrected chi connectivity index (χ0v) is 20.4. The van der Waals surface area contributed by atoms with Gasteiger partial charge in [0.2, 0.25) is 0 Å². The number of nitrogens with zero attached hydrogens (tertiary/aromatic N) is 4. The molecule has 1 amide bonds. The van der Waals surface area contributed by atoms with Crippen LogP contribution in [-0.2, 0) is 10.0 Å². The number of aromatic nitrogens is 4. The summed E-state index contributed by atoms with van der Waals surface area (Å²) in [6.45, 7) is 0. The molecule has 0 radical (unpaired) electrons. The molecule has 154 valence electrons. The van der Waals surface area contributed by atoms with Crippen molar-refractivity contribution in [2.24, 2.45) is 5.73 Å². The summed E-state index contributed by atoms with van der Waals surface area (Å²) in [4.78, 5) is 18.4. The van der Waals surface area contributed by atoms with E-state index >= 15 is 0 Å². The number of primary amides is 1. The van der Waals surface area contributed by atoms with Crippen LogP contribution in [0.5, 0.6) is 0 Å². The Kier molecular flexibility index (Phi) is 4.97. The number of carbonyl (C=O) groups excluding carboxylic acids is 1. The first-order valence-corrected chi connectivity index (χ1v) is 20.7. The van der Waals surface area contributed by atoms with Crippen molar-refractivity contribution < 1.29 is 13.2 Å². The van der Waals surface area contributed by atoms with E-state index in [2.05, 4.69) is 25.0 Å². The van der Waals surface area contributed by atoms with E-state index in [0.29, 0.717) is 16.6 Å². The summed E-state index contributed by atoms with van der Waals surface area (Å²) in [5, 5.41) is 9.09. The molecule has 0 aliphatic heterocycles. The molecule has 2 aromatic heterocycles. The average Bonchev–Trinajstić information content (AvgIpc) is 3.35. The second-order valence-electron chi connectivity index (χ2n) is 7.99. The van der Waals surface area contributed by atoms with Crippen LogP contribution in [0.1, 0.15) is 10.5 Å². The number of hydrogen-bond donors (Lipinski definition) is 1. The van der Waals surface area contributed by atoms with Gasteiger partial charge in [0.25, 0.3) is 0 Å². The molecular formula is C20H21N5O3SSn. The molecule has 2 N–H and O–H groups in total. The normalized spacial score (nSPS) is 12.4. The van der Waals surface area contributed by atoms with E-state index in [-0.39, 0.29) is 10.6 Å². The molecular weight excluding hydrogens is 509 g/mol. The molecule has 0 aliphatic carbocycles. The van der Waals surface area contributed by atoms with Gasteiger partial charge in [0.15, 0.2) is 0 Å². The van der Waals surface area contributed by atoms with E-state index in [1.807, 2.05) is 12.1 Å². The van der Waals surface area contributed by atoms with Gasteiger partial charge in [-0.3, -0.25) is 0 Å². The van der Waals surface area contributed by atoms with Crippen molar-refractivity contribution in [2.45, 2.75) is 19.7 Å². The van der Waals surface area contributed by atoms with E-state index in [0.717, 1.165) is 7.67 Å². The van der Waals surface area contributed by atoms with Crippen molar-refractivity contribution >= 4 is 48.8 Å². The van der Waals surface area contributed by atoms with Gasteiger partial charge in [-0.1, -0.05) is 0 Å². The van der Waals surface area contributed by atoms with Crippen LogP contribution >= 0.6 is 0 Å². The van der Waals surface area contributed by atoms with Gasteiger partial charge in [-0.25, -0.2) is 0 Å². The predicted octanol–water partition coefficient (Wildman–Crippen LogP) is 2.10. The Labute approximate surface area is 178 Å². The van der Waals surface area contributed by atoms with Crippen LogP contribution in [0.15, 0.2) is 65.8 Å². The van der Waals surface area contributed by atoms with E-state index in [9.17, 15) is 13.2 Å². The quantitative estimate of drug-likeness (QED) is 0.398. The van der Waals surface area contributed by atoms with Crippen LogP contribution in [0.4, 0.5) is 0 Å². The Hall–Kier alpha value is -2.66. The molecule has 0 atom stereocenters. The van der Waals surface area contributed by atoms with E-state index in [1.54, 1.807) is 41.2 Å². The summed E-state index contributed by atoms with van der Waals surface area (Å²) in [5.41, 5.74) is 6.62. The van der Waals surface area contributed by atoms with Gasteiger partial charge >= 0.3 is 179 Å². The second kappa shape index (κ2) is 7.24. The minimum atomic E-state index is -3.87. The van der Waals surface area contributed by atoms with Gasteiger partial charge in [-0.2, -0.15) is 0 Å². The predicted molar refractivity (Wildman–Crippen MR) is 117 cm³/mol. The molecule has 8 nitrogen and oxygen atoms in total. The molecule has 0 aliphatic rings. The third-order valence-corrected chi connectivity index (χ3v) is 12.2. The van der Waals surface area contributed by atoms with Crippen LogP contribution in [0, 0.1) is 0 Å². The summed E-state index contributed by atoms with van der Waals surface area (Å²) in [5.74, 6) is -0.626. The number of amides is 1. The molecule has 2 aromatic carbocycles. The summed E-state index contributed by atoms with van der Waals surface area (Å²) in [7, 11) is -3.87. The van der Waals surface area contributed by atoms with Gasteiger partial charge < -0.3 is 0 Å². The van der Waals surface area contributed by atoms with Crippen molar-refractivity contribution in [3.63, 3.8) is 0 Å². The zero-order chi connectivity index (χ0) is 21.7. The number of rotatable bonds is 5. The summed E-state index contributed by atoms with van der Waals surface area (Å²) >= 11 is -2.63. The Morgan fingerprint density at radius 3 is 2.37 bits per heavy atom. The first-order valence-electron chi connectivity index (χ1n) is 9.28. The Balaban J connectivity index is 2.01. The Bertz CT molecular complexity index is 1370. The van der Waals surface area contributed by atoms with Crippen LogP contribution < -0.4 is 9.31 Å². The Morgan fingerprint density at radius 2 is 1.77 bits per heavy atom. The fraction of sp³-hybridized carbons (Fsp3) is 0.150. The molecule has 0 saturated carbocycles. The average molecular weight is 530 g/mol. The van der Waals surface area contributed by atoms with Gasteiger partial charge in [-0.05, 0) is 0 Å². The standard InChI is InChI=1S/C17H12N5O3S.3CH3.Sn/c18-17(23)14-9-10-21(20-14)15-7-4-8-16-13(15)11-19-22(16)26(24,25)12-5-2-1-3-6-12;;;;/h1-3,5-11H,(H2,18,23);3*1H3;. The third kappa shape index (κ3) is 3.52. The first kappa shape index (κ1) is 20.6. The maximum absolute atomic E-state index is 13.2. The number of nitrogens with two attached hydrogens (primary N) is 1. The first-order chi connectivity index (χ1) is 14.1. The van der Waals surface area contributed by atoms with Crippen molar-refractivity contribution in [3.05, 3.63) is 66.6 Å². The summed E-state index contributed by atoms with van der Waals surface area (Å²) in [6.07, 6.45) is 3.15. The van der Waals surface area contributed by atoms with E-state index in [1.165, 1.54) is 12.3 Å². The fourth-order valence-corrected chi connectivity index (χ4v) is 7.72. The van der Waals surface area contributed by atoms with Gasteiger partial charge in [0.1, 0.15) is 0 Å². The van der Waals surface area contributed by atoms with Crippen molar-refractivity contribution in [1.82, 2.24) is 19.0 Å². The van der Waals surface area contributed by atoms with Crippen molar-refractivity contribution in [1.29, 1.82) is 0 Å². The van der Waals surface area contributed by atoms with Gasteiger partial charge in [0.05, 0.1) is 0 Å². The van der Waals surface area contributed by atoms with Crippen LogP contribution in [0.3, 0.4) is 0 Å².